The van der Waals surface area contributed by atoms with E-state index in [0.29, 0.717) is 21.3 Å². The molecule has 0 spiro atoms. The summed E-state index contributed by atoms with van der Waals surface area (Å²) in [5, 5.41) is 12.0. The standard InChI is InChI=1S/C22H16Cl2N4O4/c1-12-7-17(13(2)27(12)14-4-6-18(23)19(24)8-14)21(29)10-26-11-25-20-9-15(28(31)32)3-5-16(20)22(26)30/h3-9,11H,10H2,1-2H3. The third-order valence-corrected chi connectivity index (χ3v) is 5.97. The number of nitrogens with zero attached hydrogens (tertiary/aromatic N) is 4. The number of hydrogen-bond acceptors (Lipinski definition) is 5. The Morgan fingerprint density at radius 3 is 2.53 bits per heavy atom. The van der Waals surface area contributed by atoms with Crippen molar-refractivity contribution in [2.24, 2.45) is 0 Å². The maximum atomic E-state index is 13.0. The van der Waals surface area contributed by atoms with Gasteiger partial charge in [0.2, 0.25) is 0 Å². The fraction of sp³-hybridized carbons (Fsp3) is 0.136. The number of carbonyl (C=O) groups excluding carboxylic acids is 1. The Hall–Kier alpha value is -3.49. The van der Waals surface area contributed by atoms with Crippen molar-refractivity contribution in [1.29, 1.82) is 0 Å². The van der Waals surface area contributed by atoms with Gasteiger partial charge < -0.3 is 4.57 Å². The number of Topliss-reactive ketones (excluding diaryl/α,β-unsaturated/α-hetero) is 1. The molecule has 0 fully saturated rings. The van der Waals surface area contributed by atoms with Crippen LogP contribution in [0, 0.1) is 24.0 Å². The summed E-state index contributed by atoms with van der Waals surface area (Å²) in [6.45, 7) is 3.46. The van der Waals surface area contributed by atoms with E-state index in [1.165, 1.54) is 29.1 Å². The van der Waals surface area contributed by atoms with Crippen molar-refractivity contribution in [3.63, 3.8) is 0 Å². The van der Waals surface area contributed by atoms with Crippen LogP contribution in [0.2, 0.25) is 10.0 Å². The zero-order chi connectivity index (χ0) is 23.2. The fourth-order valence-corrected chi connectivity index (χ4v) is 3.97. The van der Waals surface area contributed by atoms with Gasteiger partial charge in [0.25, 0.3) is 11.2 Å². The van der Waals surface area contributed by atoms with E-state index in [-0.39, 0.29) is 28.9 Å². The number of nitro groups is 1. The molecule has 0 saturated carbocycles. The molecule has 0 unspecified atom stereocenters. The second-order valence-electron chi connectivity index (χ2n) is 7.28. The summed E-state index contributed by atoms with van der Waals surface area (Å²) in [5.74, 6) is -0.269. The van der Waals surface area contributed by atoms with Crippen LogP contribution in [-0.2, 0) is 6.54 Å². The van der Waals surface area contributed by atoms with Gasteiger partial charge in [0, 0.05) is 34.8 Å². The average Bonchev–Trinajstić information content (AvgIpc) is 3.06. The molecule has 10 heteroatoms. The summed E-state index contributed by atoms with van der Waals surface area (Å²) in [6.07, 6.45) is 1.23. The van der Waals surface area contributed by atoms with E-state index in [2.05, 4.69) is 4.98 Å². The van der Waals surface area contributed by atoms with Crippen molar-refractivity contribution in [2.75, 3.05) is 0 Å². The summed E-state index contributed by atoms with van der Waals surface area (Å²) in [4.78, 5) is 40.3. The van der Waals surface area contributed by atoms with Crippen molar-refractivity contribution in [3.8, 4) is 5.69 Å². The van der Waals surface area contributed by atoms with Gasteiger partial charge in [0.1, 0.15) is 0 Å². The van der Waals surface area contributed by atoms with E-state index in [1.807, 2.05) is 18.4 Å². The number of carbonyl (C=O) groups is 1. The second-order valence-corrected chi connectivity index (χ2v) is 8.09. The molecular weight excluding hydrogens is 455 g/mol. The Morgan fingerprint density at radius 2 is 1.84 bits per heavy atom. The Labute approximate surface area is 191 Å². The van der Waals surface area contributed by atoms with Crippen LogP contribution >= 0.6 is 23.2 Å². The Morgan fingerprint density at radius 1 is 1.09 bits per heavy atom. The maximum absolute atomic E-state index is 13.0. The van der Waals surface area contributed by atoms with Crippen molar-refractivity contribution >= 4 is 45.6 Å². The van der Waals surface area contributed by atoms with Crippen LogP contribution in [0.5, 0.6) is 0 Å². The molecular formula is C22H16Cl2N4O4. The predicted molar refractivity (Wildman–Crippen MR) is 122 cm³/mol. The number of benzene rings is 2. The Kier molecular flexibility index (Phi) is 5.58. The number of nitro benzene ring substituents is 1. The quantitative estimate of drug-likeness (QED) is 0.234. The summed E-state index contributed by atoms with van der Waals surface area (Å²) in [5.41, 5.74) is 2.34. The molecule has 32 heavy (non-hydrogen) atoms. The lowest BCUT2D eigenvalue weighted by molar-refractivity contribution is -0.384. The van der Waals surface area contributed by atoms with Gasteiger partial charge in [-0.15, -0.1) is 0 Å². The zero-order valence-corrected chi connectivity index (χ0v) is 18.5. The van der Waals surface area contributed by atoms with Crippen LogP contribution < -0.4 is 5.56 Å². The highest BCUT2D eigenvalue weighted by Gasteiger charge is 2.19. The first-order valence-corrected chi connectivity index (χ1v) is 10.2. The van der Waals surface area contributed by atoms with Crippen molar-refractivity contribution < 1.29 is 9.72 Å². The van der Waals surface area contributed by atoms with E-state index in [4.69, 9.17) is 23.2 Å². The van der Waals surface area contributed by atoms with Crippen molar-refractivity contribution in [2.45, 2.75) is 20.4 Å². The van der Waals surface area contributed by atoms with Crippen LogP contribution in [0.15, 0.2) is 53.6 Å². The number of non-ortho nitro benzene ring substituents is 1. The minimum Gasteiger partial charge on any atom is -0.318 e. The highest BCUT2D eigenvalue weighted by molar-refractivity contribution is 6.42. The number of rotatable bonds is 5. The molecule has 0 bridgehead atoms. The summed E-state index contributed by atoms with van der Waals surface area (Å²) in [6, 6.07) is 10.8. The highest BCUT2D eigenvalue weighted by Crippen LogP contribution is 2.28. The van der Waals surface area contributed by atoms with Crippen LogP contribution in [0.4, 0.5) is 5.69 Å². The average molecular weight is 471 g/mol. The summed E-state index contributed by atoms with van der Waals surface area (Å²) in [7, 11) is 0. The molecule has 0 aliphatic carbocycles. The monoisotopic (exact) mass is 470 g/mol. The minimum atomic E-state index is -0.556. The van der Waals surface area contributed by atoms with Crippen molar-refractivity contribution in [3.05, 3.63) is 96.3 Å². The van der Waals surface area contributed by atoms with Crippen LogP contribution in [-0.4, -0.2) is 24.8 Å². The maximum Gasteiger partial charge on any atom is 0.271 e. The zero-order valence-electron chi connectivity index (χ0n) is 17.0. The Bertz CT molecular complexity index is 1470. The molecule has 4 aromatic rings. The first-order valence-electron chi connectivity index (χ1n) is 9.48. The van der Waals surface area contributed by atoms with Gasteiger partial charge in [-0.2, -0.15) is 0 Å². The molecule has 2 aromatic carbocycles. The molecule has 0 amide bonds. The molecule has 2 heterocycles. The van der Waals surface area contributed by atoms with Gasteiger partial charge in [-0.1, -0.05) is 23.2 Å². The van der Waals surface area contributed by atoms with Crippen LogP contribution in [0.3, 0.4) is 0 Å². The Balaban J connectivity index is 1.69. The molecule has 0 saturated heterocycles. The fourth-order valence-electron chi connectivity index (χ4n) is 3.68. The van der Waals surface area contributed by atoms with Gasteiger partial charge in [-0.05, 0) is 44.2 Å². The highest BCUT2D eigenvalue weighted by atomic mass is 35.5. The largest absolute Gasteiger partial charge is 0.318 e. The lowest BCUT2D eigenvalue weighted by atomic mass is 10.1. The van der Waals surface area contributed by atoms with Gasteiger partial charge in [-0.25, -0.2) is 4.98 Å². The number of fused-ring (bicyclic) bond motifs is 1. The summed E-state index contributed by atoms with van der Waals surface area (Å²) >= 11 is 12.1. The number of ketones is 1. The van der Waals surface area contributed by atoms with Crippen LogP contribution in [0.25, 0.3) is 16.6 Å². The number of halogens is 2. The normalized spacial score (nSPS) is 11.1. The molecule has 0 N–H and O–H groups in total. The smallest absolute Gasteiger partial charge is 0.271 e. The third-order valence-electron chi connectivity index (χ3n) is 5.23. The van der Waals surface area contributed by atoms with Gasteiger partial charge >= 0.3 is 0 Å². The molecule has 4 rings (SSSR count). The molecule has 0 aliphatic heterocycles. The molecule has 162 valence electrons. The lowest BCUT2D eigenvalue weighted by Gasteiger charge is -2.11. The van der Waals surface area contributed by atoms with Gasteiger partial charge in [-0.3, -0.25) is 24.3 Å². The molecule has 0 aliphatic rings. The number of hydrogen-bond donors (Lipinski definition) is 0. The minimum absolute atomic E-state index is 0.159. The summed E-state index contributed by atoms with van der Waals surface area (Å²) < 4.78 is 3.08. The van der Waals surface area contributed by atoms with E-state index >= 15 is 0 Å². The van der Waals surface area contributed by atoms with E-state index in [1.54, 1.807) is 24.3 Å². The molecule has 2 aromatic heterocycles. The van der Waals surface area contributed by atoms with E-state index < -0.39 is 10.5 Å². The van der Waals surface area contributed by atoms with Gasteiger partial charge in [0.15, 0.2) is 5.78 Å². The van der Waals surface area contributed by atoms with E-state index in [0.717, 1.165) is 11.4 Å². The van der Waals surface area contributed by atoms with Crippen molar-refractivity contribution in [1.82, 2.24) is 14.1 Å². The first-order chi connectivity index (χ1) is 15.2. The molecule has 8 nitrogen and oxygen atoms in total. The first kappa shape index (κ1) is 21.7. The van der Waals surface area contributed by atoms with Crippen LogP contribution in [0.1, 0.15) is 21.7 Å². The van der Waals surface area contributed by atoms with E-state index in [9.17, 15) is 19.7 Å². The predicted octanol–water partition coefficient (Wildman–Crippen LogP) is 4.90. The third kappa shape index (κ3) is 3.79. The van der Waals surface area contributed by atoms with Gasteiger partial charge in [0.05, 0.1) is 38.7 Å². The molecule has 0 atom stereocenters. The topological polar surface area (TPSA) is 100 Å². The number of aryl methyl sites for hydroxylation is 1. The second kappa shape index (κ2) is 8.22. The lowest BCUT2D eigenvalue weighted by Crippen LogP contribution is -2.25. The number of aromatic nitrogens is 3. The SMILES string of the molecule is Cc1cc(C(=O)Cn2cnc3cc([N+](=O)[O-])ccc3c2=O)c(C)n1-c1ccc(Cl)c(Cl)c1. The molecule has 0 radical (unpaired) electrons.